The number of morpholine rings is 1. The number of amides is 1. The first-order chi connectivity index (χ1) is 14.6. The van der Waals surface area contributed by atoms with Crippen LogP contribution in [0.2, 0.25) is 0 Å². The number of thiazole rings is 1. The van der Waals surface area contributed by atoms with E-state index in [2.05, 4.69) is 4.90 Å². The van der Waals surface area contributed by atoms with Gasteiger partial charge in [0.1, 0.15) is 11.6 Å². The highest BCUT2D eigenvalue weighted by atomic mass is 35.5. The van der Waals surface area contributed by atoms with Crippen molar-refractivity contribution in [3.63, 3.8) is 0 Å². The first-order valence-electron chi connectivity index (χ1n) is 9.92. The molecule has 0 radical (unpaired) electrons. The van der Waals surface area contributed by atoms with E-state index in [4.69, 9.17) is 14.5 Å². The van der Waals surface area contributed by atoms with Crippen LogP contribution < -0.4 is 9.64 Å². The Bertz CT molecular complexity index is 1010. The molecule has 1 aliphatic heterocycles. The molecule has 1 aromatic heterocycles. The SMILES string of the molecule is COc1ccc2sc(N(CCN3CCOCC3)C(=O)Cc3ccc(F)cc3)nc2c1.Cl. The summed E-state index contributed by atoms with van der Waals surface area (Å²) in [5.41, 5.74) is 1.58. The van der Waals surface area contributed by atoms with Gasteiger partial charge in [0.05, 0.1) is 37.0 Å². The largest absolute Gasteiger partial charge is 0.497 e. The Hall–Kier alpha value is -2.26. The Morgan fingerprint density at radius 1 is 1.23 bits per heavy atom. The molecule has 1 saturated heterocycles. The van der Waals surface area contributed by atoms with Crippen molar-refractivity contribution in [3.8, 4) is 5.75 Å². The van der Waals surface area contributed by atoms with Gasteiger partial charge in [-0.3, -0.25) is 14.6 Å². The van der Waals surface area contributed by atoms with Crippen LogP contribution in [0.15, 0.2) is 42.5 Å². The summed E-state index contributed by atoms with van der Waals surface area (Å²) >= 11 is 1.49. The maximum absolute atomic E-state index is 13.2. The molecule has 0 aliphatic carbocycles. The lowest BCUT2D eigenvalue weighted by Crippen LogP contribution is -2.43. The zero-order chi connectivity index (χ0) is 20.9. The van der Waals surface area contributed by atoms with Gasteiger partial charge in [0.25, 0.3) is 0 Å². The first kappa shape index (κ1) is 23.4. The van der Waals surface area contributed by atoms with E-state index in [0.717, 1.165) is 41.2 Å². The average molecular weight is 466 g/mol. The van der Waals surface area contributed by atoms with Gasteiger partial charge in [0, 0.05) is 32.2 Å². The molecule has 4 rings (SSSR count). The molecule has 166 valence electrons. The van der Waals surface area contributed by atoms with E-state index < -0.39 is 0 Å². The van der Waals surface area contributed by atoms with E-state index >= 15 is 0 Å². The minimum Gasteiger partial charge on any atom is -0.497 e. The second kappa shape index (κ2) is 10.9. The minimum absolute atomic E-state index is 0. The molecular formula is C22H25ClFN3O3S. The predicted octanol–water partition coefficient (Wildman–Crippen LogP) is 3.77. The van der Waals surface area contributed by atoms with Crippen LogP contribution in [-0.4, -0.2) is 62.3 Å². The number of benzene rings is 2. The van der Waals surface area contributed by atoms with Crippen molar-refractivity contribution in [2.45, 2.75) is 6.42 Å². The summed E-state index contributed by atoms with van der Waals surface area (Å²) in [6.07, 6.45) is 0.197. The van der Waals surface area contributed by atoms with E-state index in [1.54, 1.807) is 24.1 Å². The van der Waals surface area contributed by atoms with E-state index in [9.17, 15) is 9.18 Å². The zero-order valence-corrected chi connectivity index (χ0v) is 18.9. The molecule has 0 N–H and O–H groups in total. The van der Waals surface area contributed by atoms with Crippen LogP contribution in [-0.2, 0) is 16.0 Å². The number of carbonyl (C=O) groups is 1. The van der Waals surface area contributed by atoms with E-state index in [0.29, 0.717) is 24.9 Å². The molecule has 31 heavy (non-hydrogen) atoms. The normalized spacial score (nSPS) is 14.3. The van der Waals surface area contributed by atoms with Crippen LogP contribution >= 0.6 is 23.7 Å². The molecule has 0 unspecified atom stereocenters. The minimum atomic E-state index is -0.310. The predicted molar refractivity (Wildman–Crippen MR) is 123 cm³/mol. The third kappa shape index (κ3) is 5.92. The van der Waals surface area contributed by atoms with Gasteiger partial charge >= 0.3 is 0 Å². The highest BCUT2D eigenvalue weighted by molar-refractivity contribution is 7.22. The number of ether oxygens (including phenoxy) is 2. The van der Waals surface area contributed by atoms with E-state index in [-0.39, 0.29) is 30.6 Å². The Balaban J connectivity index is 0.00000272. The topological polar surface area (TPSA) is 54.9 Å². The lowest BCUT2D eigenvalue weighted by Gasteiger charge is -2.29. The zero-order valence-electron chi connectivity index (χ0n) is 17.3. The molecule has 0 spiro atoms. The Morgan fingerprint density at radius 2 is 1.97 bits per heavy atom. The van der Waals surface area contributed by atoms with Gasteiger partial charge in [-0.15, -0.1) is 12.4 Å². The molecular weight excluding hydrogens is 441 g/mol. The van der Waals surface area contributed by atoms with Gasteiger partial charge in [-0.2, -0.15) is 0 Å². The highest BCUT2D eigenvalue weighted by Crippen LogP contribution is 2.31. The maximum atomic E-state index is 13.2. The van der Waals surface area contributed by atoms with Gasteiger partial charge in [0.2, 0.25) is 5.91 Å². The molecule has 0 bridgehead atoms. The number of methoxy groups -OCH3 is 1. The third-order valence-electron chi connectivity index (χ3n) is 5.13. The Kier molecular flexibility index (Phi) is 8.20. The molecule has 9 heteroatoms. The number of rotatable bonds is 7. The van der Waals surface area contributed by atoms with Crippen molar-refractivity contribution in [1.29, 1.82) is 0 Å². The number of hydrogen-bond acceptors (Lipinski definition) is 6. The summed E-state index contributed by atoms with van der Waals surface area (Å²) < 4.78 is 24.9. The van der Waals surface area contributed by atoms with E-state index in [1.807, 2.05) is 18.2 Å². The third-order valence-corrected chi connectivity index (χ3v) is 6.19. The van der Waals surface area contributed by atoms with Crippen molar-refractivity contribution in [3.05, 3.63) is 53.8 Å². The quantitative estimate of drug-likeness (QED) is 0.531. The van der Waals surface area contributed by atoms with Gasteiger partial charge < -0.3 is 9.47 Å². The van der Waals surface area contributed by atoms with Gasteiger partial charge in [-0.1, -0.05) is 23.5 Å². The average Bonchev–Trinajstić information content (AvgIpc) is 3.19. The summed E-state index contributed by atoms with van der Waals surface area (Å²) in [5.74, 6) is 0.369. The van der Waals surface area contributed by atoms with E-state index in [1.165, 1.54) is 23.5 Å². The molecule has 0 saturated carbocycles. The first-order valence-corrected chi connectivity index (χ1v) is 10.7. The highest BCUT2D eigenvalue weighted by Gasteiger charge is 2.22. The fourth-order valence-electron chi connectivity index (χ4n) is 3.40. The van der Waals surface area contributed by atoms with Crippen molar-refractivity contribution in [2.24, 2.45) is 0 Å². The number of halogens is 2. The van der Waals surface area contributed by atoms with Crippen LogP contribution in [0.3, 0.4) is 0 Å². The Labute approximate surface area is 191 Å². The Morgan fingerprint density at radius 3 is 2.68 bits per heavy atom. The number of aromatic nitrogens is 1. The molecule has 1 amide bonds. The second-order valence-electron chi connectivity index (χ2n) is 7.13. The monoisotopic (exact) mass is 465 g/mol. The molecule has 6 nitrogen and oxygen atoms in total. The van der Waals surface area contributed by atoms with Crippen LogP contribution in [0.25, 0.3) is 10.2 Å². The molecule has 2 aromatic carbocycles. The van der Waals surface area contributed by atoms with Crippen molar-refractivity contribution >= 4 is 45.0 Å². The molecule has 0 atom stereocenters. The number of hydrogen-bond donors (Lipinski definition) is 0. The molecule has 3 aromatic rings. The van der Waals surface area contributed by atoms with Crippen LogP contribution in [0, 0.1) is 5.82 Å². The smallest absolute Gasteiger partial charge is 0.233 e. The summed E-state index contributed by atoms with van der Waals surface area (Å²) in [4.78, 5) is 21.9. The molecule has 2 heterocycles. The lowest BCUT2D eigenvalue weighted by molar-refractivity contribution is -0.118. The van der Waals surface area contributed by atoms with Gasteiger partial charge in [0.15, 0.2) is 5.13 Å². The molecule has 1 aliphatic rings. The van der Waals surface area contributed by atoms with Crippen molar-refractivity contribution in [1.82, 2.24) is 9.88 Å². The standard InChI is InChI=1S/C22H24FN3O3S.ClH/c1-28-18-6-7-20-19(15-18)24-22(30-20)26(9-8-25-10-12-29-13-11-25)21(27)14-16-2-4-17(23)5-3-16;/h2-7,15H,8-14H2,1H3;1H. The number of fused-ring (bicyclic) bond motifs is 1. The maximum Gasteiger partial charge on any atom is 0.233 e. The fraction of sp³-hybridized carbons (Fsp3) is 0.364. The number of nitrogens with zero attached hydrogens (tertiary/aromatic N) is 3. The fourth-order valence-corrected chi connectivity index (χ4v) is 4.39. The van der Waals surface area contributed by atoms with Crippen molar-refractivity contribution in [2.75, 3.05) is 51.4 Å². The molecule has 1 fully saturated rings. The summed E-state index contributed by atoms with van der Waals surface area (Å²) in [5, 5.41) is 0.665. The van der Waals surface area contributed by atoms with Gasteiger partial charge in [-0.25, -0.2) is 9.37 Å². The van der Waals surface area contributed by atoms with Gasteiger partial charge in [-0.05, 0) is 29.8 Å². The van der Waals surface area contributed by atoms with Crippen LogP contribution in [0.5, 0.6) is 5.75 Å². The summed E-state index contributed by atoms with van der Waals surface area (Å²) in [6, 6.07) is 11.8. The number of anilines is 1. The lowest BCUT2D eigenvalue weighted by atomic mass is 10.1. The summed E-state index contributed by atoms with van der Waals surface area (Å²) in [6.45, 7) is 4.43. The summed E-state index contributed by atoms with van der Waals surface area (Å²) in [7, 11) is 1.62. The van der Waals surface area contributed by atoms with Crippen molar-refractivity contribution < 1.29 is 18.7 Å². The van der Waals surface area contributed by atoms with Crippen LogP contribution in [0.1, 0.15) is 5.56 Å². The number of carbonyl (C=O) groups excluding carboxylic acids is 1. The second-order valence-corrected chi connectivity index (χ2v) is 8.14. The van der Waals surface area contributed by atoms with Crippen LogP contribution in [0.4, 0.5) is 9.52 Å².